The molecule has 3 aromatic heterocycles. The highest BCUT2D eigenvalue weighted by Crippen LogP contribution is 2.44. The number of nitrogens with zero attached hydrogens (tertiary/aromatic N) is 5. The second-order valence-electron chi connectivity index (χ2n) is 14.5. The minimum atomic E-state index is 0.624. The van der Waals surface area contributed by atoms with Crippen molar-refractivity contribution in [1.29, 1.82) is 0 Å². The molecular formula is C52H35N5. The molecule has 0 saturated carbocycles. The molecule has 0 aliphatic rings. The van der Waals surface area contributed by atoms with Crippen molar-refractivity contribution in [3.63, 3.8) is 0 Å². The number of benzene rings is 8. The van der Waals surface area contributed by atoms with Gasteiger partial charge in [0.25, 0.3) is 0 Å². The van der Waals surface area contributed by atoms with Crippen molar-refractivity contribution >= 4 is 43.6 Å². The van der Waals surface area contributed by atoms with Gasteiger partial charge in [-0.2, -0.15) is 0 Å². The fraction of sp³-hybridized carbons (Fsp3) is 0.0192. The molecule has 0 radical (unpaired) electrons. The Morgan fingerprint density at radius 3 is 1.54 bits per heavy atom. The maximum Gasteiger partial charge on any atom is 0.164 e. The first-order valence-electron chi connectivity index (χ1n) is 19.3. The first-order chi connectivity index (χ1) is 28.2. The number of aromatic nitrogens is 5. The molecule has 0 amide bonds. The van der Waals surface area contributed by atoms with Crippen LogP contribution < -0.4 is 0 Å². The minimum Gasteiger partial charge on any atom is -0.309 e. The SMILES string of the molecule is Cc1ccc(-c2cc(-c3nc(-c4ccccc4)nc(-c4ccccc4)n3)ccc2-n2c3ccccc3c3c2ccc2c4ccccc4n(-c4ccccc4)c23)cc1. The van der Waals surface area contributed by atoms with Gasteiger partial charge in [-0.25, -0.2) is 15.0 Å². The fourth-order valence-electron chi connectivity index (χ4n) is 8.39. The Morgan fingerprint density at radius 1 is 0.368 bits per heavy atom. The molecule has 57 heavy (non-hydrogen) atoms. The Hall–Kier alpha value is -7.63. The van der Waals surface area contributed by atoms with E-state index in [0.717, 1.165) is 50.2 Å². The van der Waals surface area contributed by atoms with Gasteiger partial charge in [0.2, 0.25) is 0 Å². The van der Waals surface area contributed by atoms with E-state index in [0.29, 0.717) is 17.5 Å². The summed E-state index contributed by atoms with van der Waals surface area (Å²) in [5.41, 5.74) is 13.1. The monoisotopic (exact) mass is 729 g/mol. The molecule has 0 spiro atoms. The summed E-state index contributed by atoms with van der Waals surface area (Å²) in [7, 11) is 0. The van der Waals surface area contributed by atoms with E-state index >= 15 is 0 Å². The van der Waals surface area contributed by atoms with Crippen LogP contribution in [-0.4, -0.2) is 24.1 Å². The van der Waals surface area contributed by atoms with Crippen molar-refractivity contribution in [3.8, 4) is 56.7 Å². The molecule has 5 nitrogen and oxygen atoms in total. The van der Waals surface area contributed by atoms with Crippen molar-refractivity contribution in [3.05, 3.63) is 200 Å². The largest absolute Gasteiger partial charge is 0.309 e. The van der Waals surface area contributed by atoms with Gasteiger partial charge in [-0.15, -0.1) is 0 Å². The van der Waals surface area contributed by atoms with E-state index in [1.807, 2.05) is 60.7 Å². The third kappa shape index (κ3) is 5.43. The van der Waals surface area contributed by atoms with Crippen molar-refractivity contribution < 1.29 is 0 Å². The topological polar surface area (TPSA) is 48.5 Å². The van der Waals surface area contributed by atoms with E-state index in [1.165, 1.54) is 38.1 Å². The molecule has 0 saturated heterocycles. The summed E-state index contributed by atoms with van der Waals surface area (Å²) in [5, 5.41) is 4.90. The Morgan fingerprint density at radius 2 is 0.895 bits per heavy atom. The molecular weight excluding hydrogens is 695 g/mol. The van der Waals surface area contributed by atoms with Gasteiger partial charge < -0.3 is 9.13 Å². The van der Waals surface area contributed by atoms with E-state index in [9.17, 15) is 0 Å². The number of rotatable bonds is 6. The van der Waals surface area contributed by atoms with Crippen LogP contribution in [-0.2, 0) is 0 Å². The highest BCUT2D eigenvalue weighted by atomic mass is 15.0. The molecule has 0 aliphatic heterocycles. The smallest absolute Gasteiger partial charge is 0.164 e. The molecule has 0 bridgehead atoms. The zero-order valence-corrected chi connectivity index (χ0v) is 31.2. The van der Waals surface area contributed by atoms with Gasteiger partial charge >= 0.3 is 0 Å². The van der Waals surface area contributed by atoms with Gasteiger partial charge in [0.1, 0.15) is 0 Å². The maximum absolute atomic E-state index is 5.10. The second-order valence-corrected chi connectivity index (χ2v) is 14.5. The average Bonchev–Trinajstić information content (AvgIpc) is 3.80. The molecule has 11 rings (SSSR count). The van der Waals surface area contributed by atoms with Crippen molar-refractivity contribution in [2.75, 3.05) is 0 Å². The van der Waals surface area contributed by atoms with Gasteiger partial charge in [-0.3, -0.25) is 0 Å². The first-order valence-corrected chi connectivity index (χ1v) is 19.3. The van der Waals surface area contributed by atoms with Crippen LogP contribution in [0.3, 0.4) is 0 Å². The standard InChI is InChI=1S/C52H35N5/c1-34-25-27-35(28-26-34)43-33-38(52-54-50(36-15-5-2-6-16-36)53-51(55-52)37-17-7-3-8-18-37)29-31-46(43)57-45-24-14-12-22-42(45)48-47(57)32-30-41-40-21-11-13-23-44(40)56(49(41)48)39-19-9-4-10-20-39/h2-33H,1H3. The molecule has 0 unspecified atom stereocenters. The molecule has 8 aromatic carbocycles. The van der Waals surface area contributed by atoms with Crippen LogP contribution >= 0.6 is 0 Å². The highest BCUT2D eigenvalue weighted by molar-refractivity contribution is 6.26. The van der Waals surface area contributed by atoms with Gasteiger partial charge in [-0.05, 0) is 61.0 Å². The van der Waals surface area contributed by atoms with Gasteiger partial charge in [0, 0.05) is 49.5 Å². The van der Waals surface area contributed by atoms with Crippen LogP contribution in [0.15, 0.2) is 194 Å². The summed E-state index contributed by atoms with van der Waals surface area (Å²) in [5.74, 6) is 1.90. The first kappa shape index (κ1) is 32.8. The summed E-state index contributed by atoms with van der Waals surface area (Å²) >= 11 is 0. The summed E-state index contributed by atoms with van der Waals surface area (Å²) in [6.07, 6.45) is 0. The average molecular weight is 730 g/mol. The Kier molecular flexibility index (Phi) is 7.64. The number of hydrogen-bond acceptors (Lipinski definition) is 3. The van der Waals surface area contributed by atoms with E-state index in [4.69, 9.17) is 15.0 Å². The van der Waals surface area contributed by atoms with Crippen molar-refractivity contribution in [2.24, 2.45) is 0 Å². The molecule has 0 N–H and O–H groups in total. The van der Waals surface area contributed by atoms with E-state index < -0.39 is 0 Å². The lowest BCUT2D eigenvalue weighted by Gasteiger charge is -2.16. The molecule has 5 heteroatoms. The van der Waals surface area contributed by atoms with Gasteiger partial charge in [0.05, 0.1) is 27.8 Å². The molecule has 3 heterocycles. The second kappa shape index (κ2) is 13.3. The number of para-hydroxylation sites is 3. The van der Waals surface area contributed by atoms with E-state index in [1.54, 1.807) is 0 Å². The molecule has 0 aliphatic carbocycles. The number of fused-ring (bicyclic) bond motifs is 7. The van der Waals surface area contributed by atoms with Crippen molar-refractivity contribution in [1.82, 2.24) is 24.1 Å². The zero-order valence-electron chi connectivity index (χ0n) is 31.2. The predicted octanol–water partition coefficient (Wildman–Crippen LogP) is 13.0. The highest BCUT2D eigenvalue weighted by Gasteiger charge is 2.23. The predicted molar refractivity (Wildman–Crippen MR) is 235 cm³/mol. The Bertz CT molecular complexity index is 3210. The third-order valence-electron chi connectivity index (χ3n) is 11.0. The van der Waals surface area contributed by atoms with Gasteiger partial charge in [-0.1, -0.05) is 151 Å². The molecule has 268 valence electrons. The fourth-order valence-corrected chi connectivity index (χ4v) is 8.39. The lowest BCUT2D eigenvalue weighted by Crippen LogP contribution is -2.02. The van der Waals surface area contributed by atoms with Crippen LogP contribution in [0.4, 0.5) is 0 Å². The summed E-state index contributed by atoms with van der Waals surface area (Å²) in [4.78, 5) is 15.2. The van der Waals surface area contributed by atoms with Crippen LogP contribution in [0.25, 0.3) is 100 Å². The summed E-state index contributed by atoms with van der Waals surface area (Å²) < 4.78 is 4.87. The normalized spacial score (nSPS) is 11.6. The lowest BCUT2D eigenvalue weighted by molar-refractivity contribution is 1.07. The van der Waals surface area contributed by atoms with Crippen LogP contribution in [0.2, 0.25) is 0 Å². The minimum absolute atomic E-state index is 0.624. The maximum atomic E-state index is 5.10. The lowest BCUT2D eigenvalue weighted by atomic mass is 9.99. The van der Waals surface area contributed by atoms with Crippen LogP contribution in [0.5, 0.6) is 0 Å². The van der Waals surface area contributed by atoms with Crippen molar-refractivity contribution in [2.45, 2.75) is 6.92 Å². The molecule has 11 aromatic rings. The summed E-state index contributed by atoms with van der Waals surface area (Å²) in [6, 6.07) is 68.6. The van der Waals surface area contributed by atoms with E-state index in [2.05, 4.69) is 150 Å². The van der Waals surface area contributed by atoms with E-state index in [-0.39, 0.29) is 0 Å². The zero-order chi connectivity index (χ0) is 37.9. The van der Waals surface area contributed by atoms with Crippen LogP contribution in [0, 0.1) is 6.92 Å². The quantitative estimate of drug-likeness (QED) is 0.171. The number of aryl methyl sites for hydroxylation is 1. The van der Waals surface area contributed by atoms with Crippen LogP contribution in [0.1, 0.15) is 5.56 Å². The summed E-state index contributed by atoms with van der Waals surface area (Å²) in [6.45, 7) is 2.13. The molecule has 0 fully saturated rings. The molecule has 0 atom stereocenters. The van der Waals surface area contributed by atoms with Gasteiger partial charge in [0.15, 0.2) is 17.5 Å². The third-order valence-corrected chi connectivity index (χ3v) is 11.0. The number of hydrogen-bond donors (Lipinski definition) is 0. The Labute approximate surface area is 329 Å². The Balaban J connectivity index is 1.20.